The number of anilines is 1. The first-order valence-electron chi connectivity index (χ1n) is 9.06. The molecule has 2 bridgehead atoms. The normalized spacial score (nSPS) is 27.2. The maximum atomic E-state index is 12.6. The van der Waals surface area contributed by atoms with Crippen LogP contribution in [0.25, 0.3) is 0 Å². The first kappa shape index (κ1) is 18.8. The Morgan fingerprint density at radius 2 is 2.12 bits per heavy atom. The number of likely N-dealkylation sites (tertiary alicyclic amines) is 1. The third-order valence-corrected chi connectivity index (χ3v) is 5.80. The number of rotatable bonds is 3. The zero-order valence-electron chi connectivity index (χ0n) is 15.9. The van der Waals surface area contributed by atoms with Gasteiger partial charge in [-0.3, -0.25) is 4.79 Å². The molecule has 0 spiro atoms. The van der Waals surface area contributed by atoms with Gasteiger partial charge in [0, 0.05) is 29.5 Å². The number of amides is 1. The number of carbonyl (C=O) groups excluding carboxylic acids is 1. The average molecular weight is 372 g/mol. The van der Waals surface area contributed by atoms with Crippen molar-refractivity contribution in [2.75, 3.05) is 11.9 Å². The molecular formula is C21H26ClN3O. The Kier molecular flexibility index (Phi) is 4.79. The van der Waals surface area contributed by atoms with Gasteiger partial charge in [0.1, 0.15) is 11.6 Å². The molecule has 26 heavy (non-hydrogen) atoms. The van der Waals surface area contributed by atoms with Crippen molar-refractivity contribution in [1.29, 1.82) is 5.26 Å². The van der Waals surface area contributed by atoms with E-state index in [9.17, 15) is 10.1 Å². The Labute approximate surface area is 160 Å². The summed E-state index contributed by atoms with van der Waals surface area (Å²) in [5.41, 5.74) is 2.23. The monoisotopic (exact) mass is 371 g/mol. The molecule has 1 aromatic carbocycles. The number of benzene rings is 1. The second kappa shape index (κ2) is 6.63. The maximum Gasteiger partial charge on any atom is 0.267 e. The fourth-order valence-electron chi connectivity index (χ4n) is 4.88. The summed E-state index contributed by atoms with van der Waals surface area (Å²) in [5.74, 6) is -0.385. The Morgan fingerprint density at radius 1 is 1.38 bits per heavy atom. The van der Waals surface area contributed by atoms with E-state index in [1.165, 1.54) is 6.42 Å². The molecule has 2 fully saturated rings. The predicted octanol–water partition coefficient (Wildman–Crippen LogP) is 4.90. The van der Waals surface area contributed by atoms with Crippen molar-refractivity contribution in [2.45, 2.75) is 53.0 Å². The summed E-state index contributed by atoms with van der Waals surface area (Å²) in [6, 6.07) is 7.80. The molecule has 0 radical (unpaired) electrons. The van der Waals surface area contributed by atoms with Crippen LogP contribution in [-0.2, 0) is 4.79 Å². The first-order valence-corrected chi connectivity index (χ1v) is 9.44. The van der Waals surface area contributed by atoms with Gasteiger partial charge in [-0.05, 0) is 54.7 Å². The fourth-order valence-corrected chi connectivity index (χ4v) is 5.05. The summed E-state index contributed by atoms with van der Waals surface area (Å²) >= 11 is 6.02. The van der Waals surface area contributed by atoms with Crippen LogP contribution in [0, 0.1) is 29.1 Å². The molecular weight excluding hydrogens is 346 g/mol. The molecule has 1 saturated carbocycles. The number of nitriles is 1. The molecule has 1 aromatic rings. The largest absolute Gasteiger partial charge is 0.373 e. The van der Waals surface area contributed by atoms with E-state index in [2.05, 4.69) is 37.1 Å². The van der Waals surface area contributed by atoms with E-state index in [4.69, 9.17) is 11.6 Å². The van der Waals surface area contributed by atoms with E-state index in [1.54, 1.807) is 18.3 Å². The highest BCUT2D eigenvalue weighted by Gasteiger charge is 2.48. The van der Waals surface area contributed by atoms with Crippen LogP contribution in [0.5, 0.6) is 0 Å². The molecule has 1 heterocycles. The number of nitrogens with one attached hydrogen (secondary N) is 1. The van der Waals surface area contributed by atoms with Gasteiger partial charge < -0.3 is 10.2 Å². The molecule has 3 rings (SSSR count). The van der Waals surface area contributed by atoms with Crippen LogP contribution in [0.15, 0.2) is 30.0 Å². The number of halogens is 1. The smallest absolute Gasteiger partial charge is 0.267 e. The molecule has 5 heteroatoms. The molecule has 2 unspecified atom stereocenters. The van der Waals surface area contributed by atoms with Crippen LogP contribution in [0.4, 0.5) is 5.69 Å². The summed E-state index contributed by atoms with van der Waals surface area (Å²) in [7, 11) is 0. The van der Waals surface area contributed by atoms with Gasteiger partial charge in [-0.2, -0.15) is 5.26 Å². The number of fused-ring (bicyclic) bond motifs is 2. The van der Waals surface area contributed by atoms with Gasteiger partial charge >= 0.3 is 0 Å². The van der Waals surface area contributed by atoms with Crippen molar-refractivity contribution in [2.24, 2.45) is 10.8 Å². The van der Waals surface area contributed by atoms with Crippen molar-refractivity contribution in [3.63, 3.8) is 0 Å². The van der Waals surface area contributed by atoms with Gasteiger partial charge in [0.05, 0.1) is 0 Å². The molecule has 1 aliphatic heterocycles. The number of carbonyl (C=O) groups is 1. The van der Waals surface area contributed by atoms with Crippen molar-refractivity contribution in [3.8, 4) is 6.07 Å². The van der Waals surface area contributed by atoms with Crippen molar-refractivity contribution in [3.05, 3.63) is 40.6 Å². The molecule has 138 valence electrons. The maximum absolute atomic E-state index is 12.6. The Bertz CT molecular complexity index is 808. The van der Waals surface area contributed by atoms with Crippen molar-refractivity contribution in [1.82, 2.24) is 4.90 Å². The lowest BCUT2D eigenvalue weighted by Gasteiger charge is -2.39. The third kappa shape index (κ3) is 3.88. The molecule has 0 aromatic heterocycles. The summed E-state index contributed by atoms with van der Waals surface area (Å²) in [4.78, 5) is 14.8. The van der Waals surface area contributed by atoms with E-state index < -0.39 is 0 Å². The van der Waals surface area contributed by atoms with Crippen LogP contribution in [0.3, 0.4) is 0 Å². The van der Waals surface area contributed by atoms with Crippen LogP contribution >= 0.6 is 11.6 Å². The van der Waals surface area contributed by atoms with Gasteiger partial charge in [-0.25, -0.2) is 0 Å². The molecule has 2 atom stereocenters. The number of hydrogen-bond donors (Lipinski definition) is 1. The molecule has 1 amide bonds. The minimum Gasteiger partial charge on any atom is -0.373 e. The molecule has 2 aliphatic rings. The summed E-state index contributed by atoms with van der Waals surface area (Å²) in [6.45, 7) is 9.73. The molecule has 1 N–H and O–H groups in total. The second-order valence-electron chi connectivity index (χ2n) is 8.95. The Hall–Kier alpha value is -1.99. The SMILES string of the molecule is Cc1ccc(Cl)cc1NC(=O)/C(C#N)=C\N1CC2(C)CC1CC(C)(C)C2. The van der Waals surface area contributed by atoms with Gasteiger partial charge in [-0.15, -0.1) is 0 Å². The number of hydrogen-bond acceptors (Lipinski definition) is 3. The topological polar surface area (TPSA) is 56.1 Å². The summed E-state index contributed by atoms with van der Waals surface area (Å²) in [6.07, 6.45) is 5.15. The van der Waals surface area contributed by atoms with Gasteiger partial charge in [0.15, 0.2) is 0 Å². The standard InChI is InChI=1S/C21H26ClN3O/c1-14-5-6-16(22)7-18(14)24-19(26)15(10-23)11-25-13-21(4)9-17(25)8-20(2,3)12-21/h5-7,11,17H,8-9,12-13H2,1-4H3,(H,24,26)/b15-11-. The Balaban J connectivity index is 1.80. The van der Waals surface area contributed by atoms with Crippen LogP contribution in [0.1, 0.15) is 45.6 Å². The van der Waals surface area contributed by atoms with E-state index in [1.807, 2.05) is 13.0 Å². The quantitative estimate of drug-likeness (QED) is 0.607. The van der Waals surface area contributed by atoms with Crippen LogP contribution in [-0.4, -0.2) is 23.4 Å². The lowest BCUT2D eigenvalue weighted by molar-refractivity contribution is -0.112. The second-order valence-corrected chi connectivity index (χ2v) is 9.39. The number of aryl methyl sites for hydroxylation is 1. The number of nitrogens with zero attached hydrogens (tertiary/aromatic N) is 2. The minimum atomic E-state index is -0.385. The van der Waals surface area contributed by atoms with Crippen LogP contribution < -0.4 is 5.32 Å². The first-order chi connectivity index (χ1) is 12.1. The van der Waals surface area contributed by atoms with Gasteiger partial charge in [-0.1, -0.05) is 38.4 Å². The average Bonchev–Trinajstić information content (AvgIpc) is 2.76. The van der Waals surface area contributed by atoms with Gasteiger partial charge in [0.2, 0.25) is 0 Å². The van der Waals surface area contributed by atoms with Crippen molar-refractivity contribution < 1.29 is 4.79 Å². The lowest BCUT2D eigenvalue weighted by atomic mass is 9.65. The molecule has 1 aliphatic carbocycles. The zero-order valence-corrected chi connectivity index (χ0v) is 16.7. The van der Waals surface area contributed by atoms with Crippen LogP contribution in [0.2, 0.25) is 5.02 Å². The summed E-state index contributed by atoms with van der Waals surface area (Å²) < 4.78 is 0. The van der Waals surface area contributed by atoms with E-state index in [0.29, 0.717) is 22.2 Å². The van der Waals surface area contributed by atoms with E-state index in [0.717, 1.165) is 24.9 Å². The zero-order chi connectivity index (χ0) is 19.1. The van der Waals surface area contributed by atoms with Crippen molar-refractivity contribution >= 4 is 23.2 Å². The van der Waals surface area contributed by atoms with Gasteiger partial charge in [0.25, 0.3) is 5.91 Å². The lowest BCUT2D eigenvalue weighted by Crippen LogP contribution is -2.33. The third-order valence-electron chi connectivity index (χ3n) is 5.56. The minimum absolute atomic E-state index is 0.137. The highest BCUT2D eigenvalue weighted by atomic mass is 35.5. The summed E-state index contributed by atoms with van der Waals surface area (Å²) in [5, 5.41) is 12.9. The highest BCUT2D eigenvalue weighted by Crippen LogP contribution is 2.52. The van der Waals surface area contributed by atoms with E-state index >= 15 is 0 Å². The predicted molar refractivity (Wildman–Crippen MR) is 105 cm³/mol. The highest BCUT2D eigenvalue weighted by molar-refractivity contribution is 6.31. The molecule has 4 nitrogen and oxygen atoms in total. The Morgan fingerprint density at radius 3 is 2.81 bits per heavy atom. The fraction of sp³-hybridized carbons (Fsp3) is 0.524. The van der Waals surface area contributed by atoms with E-state index in [-0.39, 0.29) is 16.9 Å². The molecule has 1 saturated heterocycles.